The fourth-order valence-electron chi connectivity index (χ4n) is 2.54. The van der Waals surface area contributed by atoms with Gasteiger partial charge in [-0.25, -0.2) is 0 Å². The van der Waals surface area contributed by atoms with Crippen molar-refractivity contribution in [1.29, 1.82) is 0 Å². The zero-order valence-electron chi connectivity index (χ0n) is 16.3. The summed E-state index contributed by atoms with van der Waals surface area (Å²) in [5.41, 5.74) is 1.16. The maximum Gasteiger partial charge on any atom is 0.191 e. The Morgan fingerprint density at radius 3 is 2.44 bits per heavy atom. The normalized spacial score (nSPS) is 11.3. The van der Waals surface area contributed by atoms with E-state index in [-0.39, 0.29) is 0 Å². The minimum atomic E-state index is 0.584. The minimum Gasteiger partial charge on any atom is -0.493 e. The summed E-state index contributed by atoms with van der Waals surface area (Å²) in [5.74, 6) is 3.18. The Kier molecular flexibility index (Phi) is 9.06. The van der Waals surface area contributed by atoms with Crippen LogP contribution in [0.3, 0.4) is 0 Å². The quantitative estimate of drug-likeness (QED) is 0.356. The van der Waals surface area contributed by atoms with Gasteiger partial charge >= 0.3 is 0 Å². The Hall–Kier alpha value is -2.67. The highest BCUT2D eigenvalue weighted by Gasteiger charge is 2.05. The average Bonchev–Trinajstić information content (AvgIpc) is 3.21. The molecule has 2 N–H and O–H groups in total. The van der Waals surface area contributed by atoms with E-state index in [1.54, 1.807) is 27.6 Å². The van der Waals surface area contributed by atoms with Crippen molar-refractivity contribution in [3.8, 4) is 11.5 Å². The second-order valence-corrected chi connectivity index (χ2v) is 5.85. The molecule has 2 rings (SSSR count). The van der Waals surface area contributed by atoms with Crippen LogP contribution < -0.4 is 20.1 Å². The van der Waals surface area contributed by atoms with Gasteiger partial charge in [-0.1, -0.05) is 6.07 Å². The van der Waals surface area contributed by atoms with Crippen molar-refractivity contribution in [3.63, 3.8) is 0 Å². The summed E-state index contributed by atoms with van der Waals surface area (Å²) in [4.78, 5) is 4.52. The van der Waals surface area contributed by atoms with Crippen molar-refractivity contribution in [2.45, 2.75) is 12.8 Å². The number of furan rings is 1. The summed E-state index contributed by atoms with van der Waals surface area (Å²) < 4.78 is 21.1. The molecule has 7 nitrogen and oxygen atoms in total. The van der Waals surface area contributed by atoms with Crippen LogP contribution in [0.5, 0.6) is 11.5 Å². The van der Waals surface area contributed by atoms with E-state index in [1.165, 1.54) is 0 Å². The van der Waals surface area contributed by atoms with E-state index in [0.29, 0.717) is 13.2 Å². The number of nitrogens with one attached hydrogen (secondary N) is 2. The topological polar surface area (TPSA) is 77.2 Å². The van der Waals surface area contributed by atoms with Crippen LogP contribution in [0.25, 0.3) is 0 Å². The average molecular weight is 375 g/mol. The van der Waals surface area contributed by atoms with Gasteiger partial charge < -0.3 is 29.3 Å². The molecule has 1 aromatic heterocycles. The highest BCUT2D eigenvalue weighted by molar-refractivity contribution is 5.79. The molecule has 0 bridgehead atoms. The third-order valence-corrected chi connectivity index (χ3v) is 3.96. The van der Waals surface area contributed by atoms with E-state index in [4.69, 9.17) is 18.6 Å². The van der Waals surface area contributed by atoms with E-state index in [0.717, 1.165) is 54.7 Å². The molecule has 1 heterocycles. The second kappa shape index (κ2) is 11.9. The molecular formula is C20H29N3O4. The summed E-state index contributed by atoms with van der Waals surface area (Å²) in [7, 11) is 4.95. The van der Waals surface area contributed by atoms with Gasteiger partial charge in [-0.05, 0) is 36.2 Å². The number of guanidine groups is 1. The Labute approximate surface area is 160 Å². The molecule has 0 aliphatic carbocycles. The summed E-state index contributed by atoms with van der Waals surface area (Å²) in [5, 5.41) is 6.68. The molecule has 0 unspecified atom stereocenters. The van der Waals surface area contributed by atoms with E-state index in [2.05, 4.69) is 15.6 Å². The largest absolute Gasteiger partial charge is 0.493 e. The predicted molar refractivity (Wildman–Crippen MR) is 106 cm³/mol. The number of aliphatic imine (C=N–C) groups is 1. The number of hydrogen-bond donors (Lipinski definition) is 2. The van der Waals surface area contributed by atoms with Gasteiger partial charge in [0.15, 0.2) is 17.5 Å². The number of nitrogens with zero attached hydrogens (tertiary/aromatic N) is 1. The van der Waals surface area contributed by atoms with Crippen molar-refractivity contribution < 1.29 is 18.6 Å². The molecule has 0 amide bonds. The Morgan fingerprint density at radius 2 is 1.78 bits per heavy atom. The SMILES string of the molecule is COCCN=C(NCCc1ccc(OC)c(OC)c1)NCCc1ccco1. The molecule has 0 spiro atoms. The van der Waals surface area contributed by atoms with E-state index in [1.807, 2.05) is 30.3 Å². The van der Waals surface area contributed by atoms with Crippen LogP contribution in [0, 0.1) is 0 Å². The first-order chi connectivity index (χ1) is 13.3. The fourth-order valence-corrected chi connectivity index (χ4v) is 2.54. The first-order valence-electron chi connectivity index (χ1n) is 9.01. The molecule has 0 atom stereocenters. The lowest BCUT2D eigenvalue weighted by Gasteiger charge is -2.13. The molecule has 0 radical (unpaired) electrons. The molecule has 0 fully saturated rings. The Balaban J connectivity index is 1.84. The zero-order valence-corrected chi connectivity index (χ0v) is 16.3. The van der Waals surface area contributed by atoms with Crippen LogP contribution in [0.4, 0.5) is 0 Å². The molecule has 148 valence electrons. The van der Waals surface area contributed by atoms with E-state index in [9.17, 15) is 0 Å². The van der Waals surface area contributed by atoms with Crippen LogP contribution in [0.1, 0.15) is 11.3 Å². The lowest BCUT2D eigenvalue weighted by atomic mass is 10.1. The number of methoxy groups -OCH3 is 3. The van der Waals surface area contributed by atoms with Crippen LogP contribution >= 0.6 is 0 Å². The van der Waals surface area contributed by atoms with Crippen LogP contribution in [0.15, 0.2) is 46.0 Å². The first kappa shape index (κ1) is 20.6. The fraction of sp³-hybridized carbons (Fsp3) is 0.450. The van der Waals surface area contributed by atoms with Crippen LogP contribution in [0.2, 0.25) is 0 Å². The number of ether oxygens (including phenoxy) is 3. The maximum atomic E-state index is 5.35. The number of rotatable bonds is 11. The highest BCUT2D eigenvalue weighted by Crippen LogP contribution is 2.27. The van der Waals surface area contributed by atoms with Crippen molar-refractivity contribution in [2.24, 2.45) is 4.99 Å². The summed E-state index contributed by atoms with van der Waals surface area (Å²) in [6, 6.07) is 9.81. The van der Waals surface area contributed by atoms with Crippen molar-refractivity contribution in [3.05, 3.63) is 47.9 Å². The number of benzene rings is 1. The van der Waals surface area contributed by atoms with Gasteiger partial charge in [0.1, 0.15) is 5.76 Å². The first-order valence-corrected chi connectivity index (χ1v) is 9.01. The van der Waals surface area contributed by atoms with Gasteiger partial charge in [0.25, 0.3) is 0 Å². The molecule has 0 aliphatic heterocycles. The molecule has 0 saturated carbocycles. The molecule has 27 heavy (non-hydrogen) atoms. The van der Waals surface area contributed by atoms with Crippen molar-refractivity contribution >= 4 is 5.96 Å². The third-order valence-electron chi connectivity index (χ3n) is 3.96. The van der Waals surface area contributed by atoms with Crippen LogP contribution in [-0.2, 0) is 17.6 Å². The van der Waals surface area contributed by atoms with Gasteiger partial charge in [-0.3, -0.25) is 4.99 Å². The van der Waals surface area contributed by atoms with Gasteiger partial charge in [-0.2, -0.15) is 0 Å². The summed E-state index contributed by atoms with van der Waals surface area (Å²) >= 11 is 0. The van der Waals surface area contributed by atoms with Gasteiger partial charge in [0.05, 0.1) is 33.6 Å². The Morgan fingerprint density at radius 1 is 1.00 bits per heavy atom. The highest BCUT2D eigenvalue weighted by atomic mass is 16.5. The molecule has 7 heteroatoms. The molecule has 2 aromatic rings. The smallest absolute Gasteiger partial charge is 0.191 e. The predicted octanol–water partition coefficient (Wildman–Crippen LogP) is 2.26. The minimum absolute atomic E-state index is 0.584. The van der Waals surface area contributed by atoms with E-state index >= 15 is 0 Å². The van der Waals surface area contributed by atoms with Gasteiger partial charge in [0, 0.05) is 26.6 Å². The van der Waals surface area contributed by atoms with Crippen LogP contribution in [-0.4, -0.2) is 53.5 Å². The van der Waals surface area contributed by atoms with Gasteiger partial charge in [0.2, 0.25) is 0 Å². The molecule has 0 aliphatic rings. The van der Waals surface area contributed by atoms with Crippen molar-refractivity contribution in [1.82, 2.24) is 10.6 Å². The van der Waals surface area contributed by atoms with E-state index < -0.39 is 0 Å². The lowest BCUT2D eigenvalue weighted by Crippen LogP contribution is -2.39. The maximum absolute atomic E-state index is 5.35. The summed E-state index contributed by atoms with van der Waals surface area (Å²) in [6.07, 6.45) is 3.32. The molecule has 1 aromatic carbocycles. The zero-order chi connectivity index (χ0) is 19.3. The number of hydrogen-bond acceptors (Lipinski definition) is 5. The molecule has 0 saturated heterocycles. The standard InChI is InChI=1S/C20H29N3O4/c1-24-14-12-23-20(22-11-9-17-5-4-13-27-17)21-10-8-16-6-7-18(25-2)19(15-16)26-3/h4-7,13,15H,8-12,14H2,1-3H3,(H2,21,22,23). The summed E-state index contributed by atoms with van der Waals surface area (Å²) in [6.45, 7) is 2.67. The lowest BCUT2D eigenvalue weighted by molar-refractivity contribution is 0.208. The van der Waals surface area contributed by atoms with Gasteiger partial charge in [-0.15, -0.1) is 0 Å². The monoisotopic (exact) mass is 375 g/mol. The second-order valence-electron chi connectivity index (χ2n) is 5.85. The van der Waals surface area contributed by atoms with Crippen molar-refractivity contribution in [2.75, 3.05) is 47.6 Å². The Bertz CT molecular complexity index is 687. The molecular weight excluding hydrogens is 346 g/mol. The third kappa shape index (κ3) is 7.22.